The average molecular weight is 258 g/mol. The number of pyridine rings is 1. The Labute approximate surface area is 110 Å². The monoisotopic (exact) mass is 258 g/mol. The number of ether oxygens (including phenoxy) is 1. The molecule has 1 saturated heterocycles. The van der Waals surface area contributed by atoms with E-state index in [9.17, 15) is 4.79 Å². The van der Waals surface area contributed by atoms with E-state index in [0.717, 1.165) is 10.9 Å². The molecule has 2 aromatic rings. The lowest BCUT2D eigenvalue weighted by Crippen LogP contribution is -2.64. The summed E-state index contributed by atoms with van der Waals surface area (Å²) in [6.07, 6.45) is 1.70. The van der Waals surface area contributed by atoms with Crippen molar-refractivity contribution in [3.8, 4) is 5.75 Å². The van der Waals surface area contributed by atoms with Crippen LogP contribution in [0.25, 0.3) is 10.9 Å². The quantitative estimate of drug-likeness (QED) is 0.868. The van der Waals surface area contributed by atoms with Crippen LogP contribution >= 0.6 is 0 Å². The minimum Gasteiger partial charge on any atom is -0.482 e. The van der Waals surface area contributed by atoms with Crippen LogP contribution in [0.3, 0.4) is 0 Å². The first-order valence-corrected chi connectivity index (χ1v) is 6.14. The van der Waals surface area contributed by atoms with Crippen LogP contribution in [0.1, 0.15) is 6.42 Å². The van der Waals surface area contributed by atoms with Crippen LogP contribution in [0.2, 0.25) is 0 Å². The molecule has 5 heteroatoms. The van der Waals surface area contributed by atoms with Crippen LogP contribution in [0, 0.1) is 0 Å². The average Bonchev–Trinajstić information content (AvgIpc) is 2.36. The first-order chi connectivity index (χ1) is 9.19. The zero-order chi connectivity index (χ0) is 13.3. The van der Waals surface area contributed by atoms with E-state index in [2.05, 4.69) is 10.3 Å². The zero-order valence-corrected chi connectivity index (χ0v) is 10.3. The molecule has 2 N–H and O–H groups in total. The lowest BCUT2D eigenvalue weighted by molar-refractivity contribution is -0.143. The molecule has 0 amide bonds. The number of hydrogen-bond donors (Lipinski definition) is 2. The molecule has 0 atom stereocenters. The molecule has 1 fully saturated rings. The second-order valence-electron chi connectivity index (χ2n) is 4.79. The lowest BCUT2D eigenvalue weighted by Gasteiger charge is -2.41. The second-order valence-corrected chi connectivity index (χ2v) is 4.79. The number of aliphatic carboxylic acids is 1. The van der Waals surface area contributed by atoms with E-state index in [1.54, 1.807) is 6.20 Å². The summed E-state index contributed by atoms with van der Waals surface area (Å²) in [5, 5.41) is 13.0. The van der Waals surface area contributed by atoms with Crippen LogP contribution in [-0.2, 0) is 4.79 Å². The molecule has 0 spiro atoms. The second kappa shape index (κ2) is 4.51. The largest absolute Gasteiger partial charge is 0.482 e. The Bertz CT molecular complexity index is 618. The van der Waals surface area contributed by atoms with E-state index in [1.807, 2.05) is 30.3 Å². The van der Waals surface area contributed by atoms with Gasteiger partial charge in [-0.2, -0.15) is 0 Å². The number of carboxylic acids is 1. The Morgan fingerprint density at radius 3 is 2.84 bits per heavy atom. The maximum absolute atomic E-state index is 10.9. The number of carboxylic acid groups (broad SMARTS) is 1. The van der Waals surface area contributed by atoms with Crippen LogP contribution in [0.15, 0.2) is 36.5 Å². The fourth-order valence-electron chi connectivity index (χ4n) is 2.30. The summed E-state index contributed by atoms with van der Waals surface area (Å²) >= 11 is 0. The van der Waals surface area contributed by atoms with Crippen molar-refractivity contribution >= 4 is 16.9 Å². The van der Waals surface area contributed by atoms with Gasteiger partial charge in [-0.25, -0.2) is 0 Å². The van der Waals surface area contributed by atoms with Crippen molar-refractivity contribution in [2.75, 3.05) is 13.1 Å². The number of nitrogens with one attached hydrogen (secondary N) is 1. The van der Waals surface area contributed by atoms with E-state index in [1.165, 1.54) is 0 Å². The highest BCUT2D eigenvalue weighted by atomic mass is 16.5. The standard InChI is InChI=1S/C14H14N2O3/c17-12(18)7-14(8-15-9-14)19-11-5-1-3-10-4-2-6-16-13(10)11/h1-6,15H,7-9H2,(H,17,18). The van der Waals surface area contributed by atoms with E-state index < -0.39 is 11.6 Å². The van der Waals surface area contributed by atoms with Crippen molar-refractivity contribution in [2.24, 2.45) is 0 Å². The Morgan fingerprint density at radius 1 is 1.37 bits per heavy atom. The summed E-state index contributed by atoms with van der Waals surface area (Å²) in [5.74, 6) is -0.212. The normalized spacial score (nSPS) is 16.8. The maximum atomic E-state index is 10.9. The van der Waals surface area contributed by atoms with Gasteiger partial charge in [0.2, 0.25) is 0 Å². The van der Waals surface area contributed by atoms with Crippen LogP contribution < -0.4 is 10.1 Å². The van der Waals surface area contributed by atoms with Gasteiger partial charge < -0.3 is 15.2 Å². The van der Waals surface area contributed by atoms with Gasteiger partial charge in [0.05, 0.1) is 6.42 Å². The van der Waals surface area contributed by atoms with Gasteiger partial charge in [0.15, 0.2) is 0 Å². The molecular formula is C14H14N2O3. The molecule has 1 aliphatic rings. The van der Waals surface area contributed by atoms with Crippen molar-refractivity contribution in [3.63, 3.8) is 0 Å². The van der Waals surface area contributed by atoms with Gasteiger partial charge in [-0.15, -0.1) is 0 Å². The Morgan fingerprint density at radius 2 is 2.16 bits per heavy atom. The summed E-state index contributed by atoms with van der Waals surface area (Å²) in [7, 11) is 0. The first kappa shape index (κ1) is 11.9. The molecule has 0 aliphatic carbocycles. The third-order valence-electron chi connectivity index (χ3n) is 3.29. The highest BCUT2D eigenvalue weighted by Gasteiger charge is 2.42. The summed E-state index contributed by atoms with van der Waals surface area (Å²) in [5.41, 5.74) is 0.110. The Balaban J connectivity index is 1.94. The molecule has 0 unspecified atom stereocenters. The highest BCUT2D eigenvalue weighted by Crippen LogP contribution is 2.30. The predicted octanol–water partition coefficient (Wildman–Crippen LogP) is 1.43. The number of para-hydroxylation sites is 1. The molecule has 5 nitrogen and oxygen atoms in total. The van der Waals surface area contributed by atoms with Gasteiger partial charge in [0.25, 0.3) is 0 Å². The molecule has 2 heterocycles. The zero-order valence-electron chi connectivity index (χ0n) is 10.3. The first-order valence-electron chi connectivity index (χ1n) is 6.14. The summed E-state index contributed by atoms with van der Waals surface area (Å²) in [4.78, 5) is 15.2. The number of aromatic nitrogens is 1. The van der Waals surface area contributed by atoms with Gasteiger partial charge in [0, 0.05) is 24.7 Å². The smallest absolute Gasteiger partial charge is 0.307 e. The van der Waals surface area contributed by atoms with Crippen molar-refractivity contribution in [3.05, 3.63) is 36.5 Å². The number of hydrogen-bond acceptors (Lipinski definition) is 4. The third-order valence-corrected chi connectivity index (χ3v) is 3.29. The molecule has 19 heavy (non-hydrogen) atoms. The molecule has 3 rings (SSSR count). The van der Waals surface area contributed by atoms with Gasteiger partial charge >= 0.3 is 5.97 Å². The minimum absolute atomic E-state index is 0.0107. The van der Waals surface area contributed by atoms with Crippen LogP contribution in [0.4, 0.5) is 0 Å². The van der Waals surface area contributed by atoms with E-state index in [4.69, 9.17) is 9.84 Å². The highest BCUT2D eigenvalue weighted by molar-refractivity contribution is 5.84. The molecule has 98 valence electrons. The van der Waals surface area contributed by atoms with Gasteiger partial charge in [-0.05, 0) is 12.1 Å². The fraction of sp³-hybridized carbons (Fsp3) is 0.286. The number of nitrogens with zero attached hydrogens (tertiary/aromatic N) is 1. The van der Waals surface area contributed by atoms with E-state index in [0.29, 0.717) is 18.8 Å². The van der Waals surface area contributed by atoms with E-state index in [-0.39, 0.29) is 6.42 Å². The summed E-state index contributed by atoms with van der Waals surface area (Å²) in [6.45, 7) is 1.09. The number of benzene rings is 1. The Kier molecular flexibility index (Phi) is 2.83. The lowest BCUT2D eigenvalue weighted by atomic mass is 9.92. The number of carbonyl (C=O) groups is 1. The SMILES string of the molecule is O=C(O)CC1(Oc2cccc3cccnc23)CNC1. The number of rotatable bonds is 4. The van der Waals surface area contributed by atoms with Gasteiger partial charge in [0.1, 0.15) is 16.9 Å². The molecule has 1 aromatic carbocycles. The molecule has 0 bridgehead atoms. The van der Waals surface area contributed by atoms with Crippen molar-refractivity contribution in [1.82, 2.24) is 10.3 Å². The molecule has 0 radical (unpaired) electrons. The topological polar surface area (TPSA) is 71.5 Å². The molecule has 0 saturated carbocycles. The molecular weight excluding hydrogens is 244 g/mol. The van der Waals surface area contributed by atoms with Crippen LogP contribution in [0.5, 0.6) is 5.75 Å². The predicted molar refractivity (Wildman–Crippen MR) is 70.2 cm³/mol. The summed E-state index contributed by atoms with van der Waals surface area (Å²) < 4.78 is 5.96. The van der Waals surface area contributed by atoms with E-state index >= 15 is 0 Å². The fourth-order valence-corrected chi connectivity index (χ4v) is 2.30. The van der Waals surface area contributed by atoms with Gasteiger partial charge in [-0.1, -0.05) is 18.2 Å². The minimum atomic E-state index is -0.852. The van der Waals surface area contributed by atoms with Crippen LogP contribution in [-0.4, -0.2) is 34.8 Å². The summed E-state index contributed by atoms with van der Waals surface area (Å²) in [6, 6.07) is 9.50. The molecule has 1 aromatic heterocycles. The third kappa shape index (κ3) is 2.24. The Hall–Kier alpha value is -2.14. The van der Waals surface area contributed by atoms with Gasteiger partial charge in [-0.3, -0.25) is 9.78 Å². The maximum Gasteiger partial charge on any atom is 0.307 e. The molecule has 1 aliphatic heterocycles. The van der Waals surface area contributed by atoms with Crippen molar-refractivity contribution in [2.45, 2.75) is 12.0 Å². The van der Waals surface area contributed by atoms with Crippen molar-refractivity contribution < 1.29 is 14.6 Å². The van der Waals surface area contributed by atoms with Crippen molar-refractivity contribution in [1.29, 1.82) is 0 Å². The number of fused-ring (bicyclic) bond motifs is 1.